The lowest BCUT2D eigenvalue weighted by atomic mass is 10.1. The van der Waals surface area contributed by atoms with E-state index in [2.05, 4.69) is 64.6 Å². The molecule has 1 N–H and O–H groups in total. The maximum Gasteiger partial charge on any atom is 0.120 e. The van der Waals surface area contributed by atoms with Gasteiger partial charge in [0.05, 0.1) is 6.10 Å². The van der Waals surface area contributed by atoms with E-state index in [1.165, 1.54) is 11.1 Å². The summed E-state index contributed by atoms with van der Waals surface area (Å²) in [5, 5.41) is 3.46. The summed E-state index contributed by atoms with van der Waals surface area (Å²) in [6, 6.07) is 14.5. The van der Waals surface area contributed by atoms with Crippen LogP contribution in [-0.4, -0.2) is 6.10 Å². The van der Waals surface area contributed by atoms with E-state index in [0.717, 1.165) is 22.5 Å². The topological polar surface area (TPSA) is 21.3 Å². The lowest BCUT2D eigenvalue weighted by Gasteiger charge is -2.14. The Morgan fingerprint density at radius 3 is 2.40 bits per heavy atom. The van der Waals surface area contributed by atoms with Crippen molar-refractivity contribution in [2.75, 3.05) is 5.32 Å². The Bertz CT molecular complexity index is 564. The van der Waals surface area contributed by atoms with Crippen LogP contribution in [0.15, 0.2) is 46.9 Å². The third-order valence-corrected chi connectivity index (χ3v) is 3.49. The summed E-state index contributed by atoms with van der Waals surface area (Å²) >= 11 is 3.45. The van der Waals surface area contributed by atoms with E-state index in [-0.39, 0.29) is 6.10 Å². The Labute approximate surface area is 129 Å². The van der Waals surface area contributed by atoms with E-state index in [4.69, 9.17) is 4.74 Å². The molecule has 106 valence electrons. The number of rotatable bonds is 5. The minimum atomic E-state index is 0.205. The van der Waals surface area contributed by atoms with Crippen molar-refractivity contribution in [3.05, 3.63) is 58.1 Å². The second-order valence-electron chi connectivity index (χ2n) is 5.12. The molecule has 0 amide bonds. The second kappa shape index (κ2) is 6.80. The van der Waals surface area contributed by atoms with Gasteiger partial charge in [-0.3, -0.25) is 0 Å². The molecule has 0 aliphatic carbocycles. The monoisotopic (exact) mass is 333 g/mol. The summed E-state index contributed by atoms with van der Waals surface area (Å²) in [6.45, 7) is 6.99. The summed E-state index contributed by atoms with van der Waals surface area (Å²) in [7, 11) is 0. The molecular formula is C17H20BrNO. The minimum Gasteiger partial charge on any atom is -0.491 e. The van der Waals surface area contributed by atoms with Crippen molar-refractivity contribution in [1.29, 1.82) is 0 Å². The highest BCUT2D eigenvalue weighted by atomic mass is 79.9. The van der Waals surface area contributed by atoms with Crippen LogP contribution in [0.1, 0.15) is 25.0 Å². The molecule has 20 heavy (non-hydrogen) atoms. The molecule has 0 aliphatic rings. The maximum absolute atomic E-state index is 5.69. The lowest BCUT2D eigenvalue weighted by Crippen LogP contribution is -2.06. The molecular weight excluding hydrogens is 314 g/mol. The van der Waals surface area contributed by atoms with Crippen LogP contribution in [-0.2, 0) is 6.54 Å². The van der Waals surface area contributed by atoms with Gasteiger partial charge in [0, 0.05) is 16.7 Å². The minimum absolute atomic E-state index is 0.205. The largest absolute Gasteiger partial charge is 0.491 e. The Morgan fingerprint density at radius 2 is 1.80 bits per heavy atom. The molecule has 0 atom stereocenters. The van der Waals surface area contributed by atoms with Crippen molar-refractivity contribution in [3.63, 3.8) is 0 Å². The van der Waals surface area contributed by atoms with Gasteiger partial charge in [-0.05, 0) is 62.2 Å². The zero-order valence-electron chi connectivity index (χ0n) is 12.1. The predicted molar refractivity (Wildman–Crippen MR) is 88.4 cm³/mol. The van der Waals surface area contributed by atoms with Crippen LogP contribution in [0.3, 0.4) is 0 Å². The maximum atomic E-state index is 5.69. The molecule has 2 aromatic rings. The highest BCUT2D eigenvalue weighted by Crippen LogP contribution is 2.23. The van der Waals surface area contributed by atoms with Gasteiger partial charge in [0.25, 0.3) is 0 Å². The molecule has 0 fully saturated rings. The van der Waals surface area contributed by atoms with Gasteiger partial charge in [0.1, 0.15) is 5.75 Å². The number of nitrogens with one attached hydrogen (secondary N) is 1. The van der Waals surface area contributed by atoms with Crippen molar-refractivity contribution in [1.82, 2.24) is 0 Å². The molecule has 0 aliphatic heterocycles. The van der Waals surface area contributed by atoms with E-state index in [0.29, 0.717) is 0 Å². The molecule has 0 saturated heterocycles. The molecule has 0 heterocycles. The van der Waals surface area contributed by atoms with Crippen LogP contribution in [0.4, 0.5) is 5.69 Å². The van der Waals surface area contributed by atoms with Crippen LogP contribution >= 0.6 is 15.9 Å². The Morgan fingerprint density at radius 1 is 1.10 bits per heavy atom. The van der Waals surface area contributed by atoms with E-state index < -0.39 is 0 Å². The average molecular weight is 334 g/mol. The molecule has 0 bridgehead atoms. The van der Waals surface area contributed by atoms with Crippen molar-refractivity contribution in [2.24, 2.45) is 0 Å². The van der Waals surface area contributed by atoms with Gasteiger partial charge in [-0.1, -0.05) is 28.1 Å². The molecule has 0 aromatic heterocycles. The van der Waals surface area contributed by atoms with Gasteiger partial charge >= 0.3 is 0 Å². The van der Waals surface area contributed by atoms with E-state index in [1.54, 1.807) is 0 Å². The first-order valence-corrected chi connectivity index (χ1v) is 7.59. The number of hydrogen-bond acceptors (Lipinski definition) is 2. The van der Waals surface area contributed by atoms with Gasteiger partial charge in [-0.15, -0.1) is 0 Å². The SMILES string of the molecule is Cc1cc(OC(C)C)ccc1NCc1ccc(Br)cc1. The van der Waals surface area contributed by atoms with E-state index in [1.807, 2.05) is 19.9 Å². The molecule has 0 spiro atoms. The van der Waals surface area contributed by atoms with Crippen molar-refractivity contribution in [3.8, 4) is 5.75 Å². The highest BCUT2D eigenvalue weighted by molar-refractivity contribution is 9.10. The van der Waals surface area contributed by atoms with Crippen LogP contribution in [0.25, 0.3) is 0 Å². The third-order valence-electron chi connectivity index (χ3n) is 2.97. The van der Waals surface area contributed by atoms with Crippen LogP contribution in [0.5, 0.6) is 5.75 Å². The fourth-order valence-electron chi connectivity index (χ4n) is 1.98. The molecule has 3 heteroatoms. The number of aryl methyl sites for hydroxylation is 1. The summed E-state index contributed by atoms with van der Waals surface area (Å²) in [4.78, 5) is 0. The lowest BCUT2D eigenvalue weighted by molar-refractivity contribution is 0.242. The quantitative estimate of drug-likeness (QED) is 0.816. The van der Waals surface area contributed by atoms with Crippen LogP contribution in [0, 0.1) is 6.92 Å². The standard InChI is InChI=1S/C17H20BrNO/c1-12(2)20-16-8-9-17(13(3)10-16)19-11-14-4-6-15(18)7-5-14/h4-10,12,19H,11H2,1-3H3. The predicted octanol–water partition coefficient (Wildman–Crippen LogP) is 5.16. The second-order valence-corrected chi connectivity index (χ2v) is 6.04. The fraction of sp³-hybridized carbons (Fsp3) is 0.294. The number of ether oxygens (including phenoxy) is 1. The van der Waals surface area contributed by atoms with Gasteiger partial charge in [0.2, 0.25) is 0 Å². The summed E-state index contributed by atoms with van der Waals surface area (Å²) in [5.41, 5.74) is 3.60. The van der Waals surface area contributed by atoms with Crippen molar-refractivity contribution in [2.45, 2.75) is 33.4 Å². The Balaban J connectivity index is 2.01. The zero-order chi connectivity index (χ0) is 14.5. The summed E-state index contributed by atoms with van der Waals surface area (Å²) in [5.74, 6) is 0.923. The normalized spacial score (nSPS) is 10.7. The van der Waals surface area contributed by atoms with E-state index >= 15 is 0 Å². The third kappa shape index (κ3) is 4.27. The van der Waals surface area contributed by atoms with Gasteiger partial charge in [-0.2, -0.15) is 0 Å². The zero-order valence-corrected chi connectivity index (χ0v) is 13.7. The van der Waals surface area contributed by atoms with Crippen LogP contribution in [0.2, 0.25) is 0 Å². The first-order valence-electron chi connectivity index (χ1n) is 6.80. The average Bonchev–Trinajstić information content (AvgIpc) is 2.39. The molecule has 2 rings (SSSR count). The molecule has 2 nitrogen and oxygen atoms in total. The molecule has 0 unspecified atom stereocenters. The first-order chi connectivity index (χ1) is 9.54. The Kier molecular flexibility index (Phi) is 5.07. The summed E-state index contributed by atoms with van der Waals surface area (Å²) in [6.07, 6.45) is 0.205. The van der Waals surface area contributed by atoms with E-state index in [9.17, 15) is 0 Å². The smallest absolute Gasteiger partial charge is 0.120 e. The molecule has 0 saturated carbocycles. The van der Waals surface area contributed by atoms with Gasteiger partial charge < -0.3 is 10.1 Å². The fourth-order valence-corrected chi connectivity index (χ4v) is 2.24. The molecule has 2 aromatic carbocycles. The Hall–Kier alpha value is -1.48. The number of halogens is 1. The summed E-state index contributed by atoms with van der Waals surface area (Å²) < 4.78 is 6.80. The number of benzene rings is 2. The highest BCUT2D eigenvalue weighted by Gasteiger charge is 2.02. The number of anilines is 1. The molecule has 0 radical (unpaired) electrons. The van der Waals surface area contributed by atoms with Crippen LogP contribution < -0.4 is 10.1 Å². The van der Waals surface area contributed by atoms with Crippen molar-refractivity contribution < 1.29 is 4.74 Å². The first kappa shape index (κ1) is 14.9. The van der Waals surface area contributed by atoms with Gasteiger partial charge in [0.15, 0.2) is 0 Å². The van der Waals surface area contributed by atoms with Gasteiger partial charge in [-0.25, -0.2) is 0 Å². The van der Waals surface area contributed by atoms with Crippen molar-refractivity contribution >= 4 is 21.6 Å². The number of hydrogen-bond donors (Lipinski definition) is 1.